The number of anilines is 1. The SMILES string of the molecule is O=C(CN1CCN(C(=O)c2ccccc2)CC1)Nc1nc(-c2cc(F)ccc2F)cs1. The molecule has 1 aliphatic heterocycles. The average Bonchev–Trinajstić information content (AvgIpc) is 3.24. The Morgan fingerprint density at radius 1 is 1.03 bits per heavy atom. The number of benzene rings is 2. The second-order valence-electron chi connectivity index (χ2n) is 7.14. The van der Waals surface area contributed by atoms with Gasteiger partial charge in [0.05, 0.1) is 12.2 Å². The Bertz CT molecular complexity index is 1080. The zero-order chi connectivity index (χ0) is 21.8. The van der Waals surface area contributed by atoms with E-state index >= 15 is 0 Å². The summed E-state index contributed by atoms with van der Waals surface area (Å²) in [5, 5.41) is 4.60. The molecule has 2 amide bonds. The number of aromatic nitrogens is 1. The van der Waals surface area contributed by atoms with Crippen LogP contribution < -0.4 is 5.32 Å². The molecule has 0 spiro atoms. The Balaban J connectivity index is 1.29. The van der Waals surface area contributed by atoms with E-state index in [2.05, 4.69) is 10.3 Å². The summed E-state index contributed by atoms with van der Waals surface area (Å²) in [5.74, 6) is -1.39. The molecule has 1 fully saturated rings. The van der Waals surface area contributed by atoms with E-state index in [9.17, 15) is 18.4 Å². The summed E-state index contributed by atoms with van der Waals surface area (Å²) in [6.45, 7) is 2.42. The number of nitrogens with zero attached hydrogens (tertiary/aromatic N) is 3. The molecule has 9 heteroatoms. The molecule has 1 saturated heterocycles. The van der Waals surface area contributed by atoms with Crippen LogP contribution in [0.1, 0.15) is 10.4 Å². The Hall–Kier alpha value is -3.17. The highest BCUT2D eigenvalue weighted by Gasteiger charge is 2.23. The monoisotopic (exact) mass is 442 g/mol. The first-order chi connectivity index (χ1) is 15.0. The van der Waals surface area contributed by atoms with Gasteiger partial charge in [0.1, 0.15) is 11.6 Å². The molecule has 4 rings (SSSR count). The van der Waals surface area contributed by atoms with Gasteiger partial charge in [0, 0.05) is 42.7 Å². The van der Waals surface area contributed by atoms with E-state index in [4.69, 9.17) is 0 Å². The Morgan fingerprint density at radius 2 is 1.77 bits per heavy atom. The van der Waals surface area contributed by atoms with Gasteiger partial charge in [0.25, 0.3) is 5.91 Å². The third-order valence-electron chi connectivity index (χ3n) is 5.00. The number of hydrogen-bond acceptors (Lipinski definition) is 5. The smallest absolute Gasteiger partial charge is 0.253 e. The quantitative estimate of drug-likeness (QED) is 0.657. The van der Waals surface area contributed by atoms with Crippen LogP contribution in [-0.4, -0.2) is 59.3 Å². The van der Waals surface area contributed by atoms with Crippen LogP contribution in [0.3, 0.4) is 0 Å². The maximum absolute atomic E-state index is 13.9. The number of halogens is 2. The molecule has 1 aliphatic rings. The molecule has 0 aliphatic carbocycles. The number of thiazole rings is 1. The van der Waals surface area contributed by atoms with Gasteiger partial charge in [-0.2, -0.15) is 0 Å². The summed E-state index contributed by atoms with van der Waals surface area (Å²) < 4.78 is 27.3. The molecule has 1 N–H and O–H groups in total. The Morgan fingerprint density at radius 3 is 2.52 bits per heavy atom. The predicted molar refractivity (Wildman–Crippen MR) is 115 cm³/mol. The molecular formula is C22H20F2N4O2S. The van der Waals surface area contributed by atoms with E-state index in [1.54, 1.807) is 22.4 Å². The predicted octanol–water partition coefficient (Wildman–Crippen LogP) is 3.48. The van der Waals surface area contributed by atoms with Crippen molar-refractivity contribution in [3.63, 3.8) is 0 Å². The minimum Gasteiger partial charge on any atom is -0.336 e. The largest absolute Gasteiger partial charge is 0.336 e. The molecular weight excluding hydrogens is 422 g/mol. The summed E-state index contributed by atoms with van der Waals surface area (Å²) in [5.41, 5.74) is 0.976. The molecule has 160 valence electrons. The van der Waals surface area contributed by atoms with Crippen LogP contribution in [0.25, 0.3) is 11.3 Å². The van der Waals surface area contributed by atoms with Crippen LogP contribution in [0.4, 0.5) is 13.9 Å². The van der Waals surface area contributed by atoms with Gasteiger partial charge in [-0.05, 0) is 30.3 Å². The molecule has 0 atom stereocenters. The number of amides is 2. The highest BCUT2D eigenvalue weighted by molar-refractivity contribution is 7.14. The molecule has 2 heterocycles. The maximum atomic E-state index is 13.9. The fraction of sp³-hybridized carbons (Fsp3) is 0.227. The molecule has 2 aromatic carbocycles. The van der Waals surface area contributed by atoms with Crippen molar-refractivity contribution in [2.75, 3.05) is 38.0 Å². The second kappa shape index (κ2) is 9.32. The highest BCUT2D eigenvalue weighted by Crippen LogP contribution is 2.27. The van der Waals surface area contributed by atoms with Crippen LogP contribution >= 0.6 is 11.3 Å². The lowest BCUT2D eigenvalue weighted by atomic mass is 10.1. The van der Waals surface area contributed by atoms with Crippen molar-refractivity contribution in [3.05, 3.63) is 71.1 Å². The number of carbonyl (C=O) groups is 2. The van der Waals surface area contributed by atoms with E-state index in [1.165, 1.54) is 0 Å². The zero-order valence-electron chi connectivity index (χ0n) is 16.6. The molecule has 0 saturated carbocycles. The minimum absolute atomic E-state index is 0.00963. The summed E-state index contributed by atoms with van der Waals surface area (Å²) in [4.78, 5) is 32.8. The number of nitrogens with one attached hydrogen (secondary N) is 1. The molecule has 0 unspecified atom stereocenters. The van der Waals surface area contributed by atoms with Crippen molar-refractivity contribution in [2.24, 2.45) is 0 Å². The molecule has 0 bridgehead atoms. The van der Waals surface area contributed by atoms with Crippen LogP contribution in [-0.2, 0) is 4.79 Å². The molecule has 1 aromatic heterocycles. The number of piperazine rings is 1. The maximum Gasteiger partial charge on any atom is 0.253 e. The summed E-state index contributed by atoms with van der Waals surface area (Å²) in [6.07, 6.45) is 0. The first-order valence-electron chi connectivity index (χ1n) is 9.77. The number of rotatable bonds is 5. The van der Waals surface area contributed by atoms with Gasteiger partial charge in [-0.15, -0.1) is 11.3 Å². The van der Waals surface area contributed by atoms with Crippen LogP contribution in [0.5, 0.6) is 0 Å². The highest BCUT2D eigenvalue weighted by atomic mass is 32.1. The van der Waals surface area contributed by atoms with Crippen molar-refractivity contribution >= 4 is 28.3 Å². The lowest BCUT2D eigenvalue weighted by molar-refractivity contribution is -0.117. The fourth-order valence-electron chi connectivity index (χ4n) is 3.38. The number of hydrogen-bond donors (Lipinski definition) is 1. The Labute approximate surface area is 182 Å². The second-order valence-corrected chi connectivity index (χ2v) is 8.00. The topological polar surface area (TPSA) is 65.5 Å². The van der Waals surface area contributed by atoms with Gasteiger partial charge in [0.2, 0.25) is 5.91 Å². The van der Waals surface area contributed by atoms with E-state index in [0.717, 1.165) is 29.5 Å². The number of carbonyl (C=O) groups excluding carboxylic acids is 2. The summed E-state index contributed by atoms with van der Waals surface area (Å²) >= 11 is 1.15. The molecule has 31 heavy (non-hydrogen) atoms. The van der Waals surface area contributed by atoms with E-state index in [-0.39, 0.29) is 29.6 Å². The van der Waals surface area contributed by atoms with Crippen molar-refractivity contribution in [1.82, 2.24) is 14.8 Å². The lowest BCUT2D eigenvalue weighted by Gasteiger charge is -2.34. The van der Waals surface area contributed by atoms with E-state index in [0.29, 0.717) is 36.9 Å². The zero-order valence-corrected chi connectivity index (χ0v) is 17.4. The van der Waals surface area contributed by atoms with Crippen molar-refractivity contribution in [2.45, 2.75) is 0 Å². The van der Waals surface area contributed by atoms with Crippen molar-refractivity contribution < 1.29 is 18.4 Å². The van der Waals surface area contributed by atoms with Crippen molar-refractivity contribution in [3.8, 4) is 11.3 Å². The van der Waals surface area contributed by atoms with Crippen LogP contribution in [0.2, 0.25) is 0 Å². The molecule has 0 radical (unpaired) electrons. The lowest BCUT2D eigenvalue weighted by Crippen LogP contribution is -2.50. The molecule has 3 aromatic rings. The van der Waals surface area contributed by atoms with Gasteiger partial charge < -0.3 is 10.2 Å². The van der Waals surface area contributed by atoms with E-state index in [1.807, 2.05) is 23.1 Å². The minimum atomic E-state index is -0.576. The first-order valence-corrected chi connectivity index (χ1v) is 10.6. The summed E-state index contributed by atoms with van der Waals surface area (Å²) in [6, 6.07) is 12.3. The van der Waals surface area contributed by atoms with Crippen LogP contribution in [0.15, 0.2) is 53.9 Å². The third kappa shape index (κ3) is 5.12. The van der Waals surface area contributed by atoms with Gasteiger partial charge in [0.15, 0.2) is 5.13 Å². The normalized spacial score (nSPS) is 14.5. The average molecular weight is 442 g/mol. The third-order valence-corrected chi connectivity index (χ3v) is 5.76. The molecule has 6 nitrogen and oxygen atoms in total. The van der Waals surface area contributed by atoms with Gasteiger partial charge >= 0.3 is 0 Å². The standard InChI is InChI=1S/C22H20F2N4O2S/c23-16-6-7-18(24)17(12-16)19-14-31-22(25-19)26-20(29)13-27-8-10-28(11-9-27)21(30)15-4-2-1-3-5-15/h1-7,12,14H,8-11,13H2,(H,25,26,29). The van der Waals surface area contributed by atoms with Gasteiger partial charge in [-0.25, -0.2) is 13.8 Å². The van der Waals surface area contributed by atoms with Crippen molar-refractivity contribution in [1.29, 1.82) is 0 Å². The Kier molecular flexibility index (Phi) is 6.34. The first kappa shape index (κ1) is 21.1. The van der Waals surface area contributed by atoms with E-state index < -0.39 is 11.6 Å². The van der Waals surface area contributed by atoms with Gasteiger partial charge in [-0.1, -0.05) is 18.2 Å². The van der Waals surface area contributed by atoms with Crippen LogP contribution in [0, 0.1) is 11.6 Å². The van der Waals surface area contributed by atoms with Gasteiger partial charge in [-0.3, -0.25) is 14.5 Å². The summed E-state index contributed by atoms with van der Waals surface area (Å²) in [7, 11) is 0. The fourth-order valence-corrected chi connectivity index (χ4v) is 4.11.